The molecule has 11 heteroatoms. The van der Waals surface area contributed by atoms with E-state index < -0.39 is 42.3 Å². The van der Waals surface area contributed by atoms with Crippen LogP contribution in [0.2, 0.25) is 0 Å². The van der Waals surface area contributed by atoms with Gasteiger partial charge in [0.15, 0.2) is 24.4 Å². The maximum absolute atomic E-state index is 13.5. The number of esters is 3. The van der Waals surface area contributed by atoms with Crippen LogP contribution in [0, 0.1) is 0 Å². The van der Waals surface area contributed by atoms with Gasteiger partial charge in [0.05, 0.1) is 28.8 Å². The maximum Gasteiger partial charge on any atom is 0.338 e. The molecule has 0 radical (unpaired) electrons. The summed E-state index contributed by atoms with van der Waals surface area (Å²) in [6.45, 7) is -0.249. The predicted octanol–water partition coefficient (Wildman–Crippen LogP) is 6.03. The predicted molar refractivity (Wildman–Crippen MR) is 171 cm³/mol. The van der Waals surface area contributed by atoms with Crippen molar-refractivity contribution in [2.45, 2.75) is 24.4 Å². The van der Waals surface area contributed by atoms with E-state index in [0.29, 0.717) is 5.69 Å². The van der Waals surface area contributed by atoms with E-state index in [0.717, 1.165) is 10.9 Å². The van der Waals surface area contributed by atoms with Crippen LogP contribution in [0.3, 0.4) is 0 Å². The Morgan fingerprint density at radius 3 is 1.75 bits per heavy atom. The molecule has 4 atom stereocenters. The minimum Gasteiger partial charge on any atom is -0.452 e. The van der Waals surface area contributed by atoms with E-state index in [-0.39, 0.29) is 35.1 Å². The molecule has 1 fully saturated rings. The van der Waals surface area contributed by atoms with Crippen LogP contribution in [0.4, 0.5) is 0 Å². The molecule has 4 aromatic carbocycles. The number of nitrogens with zero attached hydrogens (tertiary/aromatic N) is 3. The molecule has 1 aliphatic rings. The summed E-state index contributed by atoms with van der Waals surface area (Å²) in [4.78, 5) is 44.8. The van der Waals surface area contributed by atoms with Crippen molar-refractivity contribution in [3.8, 4) is 11.6 Å². The molecule has 0 amide bonds. The van der Waals surface area contributed by atoms with Crippen molar-refractivity contribution in [2.24, 2.45) is 0 Å². The molecular weight excluding hydrogens is 614 g/mol. The molecule has 7 rings (SSSR count). The number of benzene rings is 4. The van der Waals surface area contributed by atoms with E-state index in [4.69, 9.17) is 23.4 Å². The lowest BCUT2D eigenvalue weighted by atomic mass is 9.98. The summed E-state index contributed by atoms with van der Waals surface area (Å²) in [5.74, 6) is -2.10. The molecule has 0 aliphatic carbocycles. The van der Waals surface area contributed by atoms with Crippen molar-refractivity contribution in [1.29, 1.82) is 0 Å². The highest BCUT2D eigenvalue weighted by Gasteiger charge is 2.50. The summed E-state index contributed by atoms with van der Waals surface area (Å²) in [7, 11) is 0. The Balaban J connectivity index is 1.25. The third-order valence-corrected chi connectivity index (χ3v) is 7.70. The number of carbonyl (C=O) groups is 3. The molecule has 11 nitrogen and oxygen atoms in total. The first-order valence-electron chi connectivity index (χ1n) is 15.1. The van der Waals surface area contributed by atoms with Gasteiger partial charge in [-0.15, -0.1) is 10.2 Å². The number of para-hydroxylation sites is 1. The van der Waals surface area contributed by atoms with Crippen molar-refractivity contribution >= 4 is 28.8 Å². The summed E-state index contributed by atoms with van der Waals surface area (Å²) >= 11 is 0. The lowest BCUT2D eigenvalue weighted by Crippen LogP contribution is -2.54. The van der Waals surface area contributed by atoms with Gasteiger partial charge in [-0.3, -0.25) is 0 Å². The summed E-state index contributed by atoms with van der Waals surface area (Å²) in [5, 5.41) is 9.33. The Morgan fingerprint density at radius 1 is 0.583 bits per heavy atom. The molecule has 48 heavy (non-hydrogen) atoms. The number of rotatable bonds is 8. The molecule has 238 valence electrons. The number of hydrogen-bond donors (Lipinski definition) is 0. The number of hydrogen-bond acceptors (Lipinski definition) is 11. The number of ether oxygens (including phenoxy) is 4. The van der Waals surface area contributed by atoms with Gasteiger partial charge >= 0.3 is 17.9 Å². The van der Waals surface area contributed by atoms with Crippen LogP contribution in [0.5, 0.6) is 0 Å². The molecule has 0 unspecified atom stereocenters. The lowest BCUT2D eigenvalue weighted by molar-refractivity contribution is -0.197. The molecule has 0 spiro atoms. The zero-order valence-corrected chi connectivity index (χ0v) is 25.2. The van der Waals surface area contributed by atoms with Gasteiger partial charge in [-0.25, -0.2) is 19.4 Å². The Labute approximate surface area is 274 Å². The smallest absolute Gasteiger partial charge is 0.338 e. The van der Waals surface area contributed by atoms with Crippen molar-refractivity contribution in [1.82, 2.24) is 15.2 Å². The zero-order valence-electron chi connectivity index (χ0n) is 25.2. The second kappa shape index (κ2) is 13.7. The van der Waals surface area contributed by atoms with Crippen LogP contribution in [-0.2, 0) is 18.9 Å². The van der Waals surface area contributed by atoms with Gasteiger partial charge in [-0.1, -0.05) is 78.9 Å². The van der Waals surface area contributed by atoms with E-state index in [9.17, 15) is 14.4 Å². The third-order valence-electron chi connectivity index (χ3n) is 7.70. The highest BCUT2D eigenvalue weighted by Crippen LogP contribution is 2.36. The number of aromatic nitrogens is 3. The minimum absolute atomic E-state index is 0.0561. The van der Waals surface area contributed by atoms with Crippen LogP contribution in [-0.4, -0.2) is 58.0 Å². The summed E-state index contributed by atoms with van der Waals surface area (Å²) in [6.07, 6.45) is -5.11. The first-order valence-corrected chi connectivity index (χ1v) is 15.1. The highest BCUT2D eigenvalue weighted by atomic mass is 16.6. The number of carbonyl (C=O) groups excluding carboxylic acids is 3. The Kier molecular flexibility index (Phi) is 8.66. The fourth-order valence-corrected chi connectivity index (χ4v) is 5.31. The minimum atomic E-state index is -1.38. The standard InChI is InChI=1S/C37H27N3O8/c41-35(24-13-4-1-5-14-24)45-29-22-44-32(34-40-39-33(48-34)28-21-20-23-12-10-11-19-27(23)38-28)31(47-37(43)26-17-8-3-9-18-26)30(29)46-36(42)25-15-6-2-7-16-25/h1-21,29-32H,22H2/t29-,30+,31-,32-/m1/s1. The number of fused-ring (bicyclic) bond motifs is 1. The van der Waals surface area contributed by atoms with Crippen LogP contribution in [0.25, 0.3) is 22.5 Å². The molecule has 1 saturated heterocycles. The van der Waals surface area contributed by atoms with E-state index in [1.807, 2.05) is 30.3 Å². The SMILES string of the molecule is O=C(O[C@@H]1[C@@H](OC(=O)c2ccccc2)[C@H](c2nnc(-c3ccc4ccccc4n3)o2)OC[C@H]1OC(=O)c1ccccc1)c1ccccc1. The van der Waals surface area contributed by atoms with E-state index in [1.54, 1.807) is 97.1 Å². The van der Waals surface area contributed by atoms with Crippen molar-refractivity contribution in [3.05, 3.63) is 150 Å². The van der Waals surface area contributed by atoms with Gasteiger partial charge in [0, 0.05) is 5.39 Å². The molecule has 0 saturated carbocycles. The molecule has 1 aliphatic heterocycles. The first-order chi connectivity index (χ1) is 23.5. The van der Waals surface area contributed by atoms with Crippen molar-refractivity contribution in [2.75, 3.05) is 6.61 Å². The normalized spacial score (nSPS) is 18.9. The zero-order chi connectivity index (χ0) is 32.9. The maximum atomic E-state index is 13.5. The second-order valence-corrected chi connectivity index (χ2v) is 10.9. The van der Waals surface area contributed by atoms with Gasteiger partial charge < -0.3 is 23.4 Å². The van der Waals surface area contributed by atoms with Crippen LogP contribution in [0.1, 0.15) is 43.1 Å². The van der Waals surface area contributed by atoms with Crippen LogP contribution in [0.15, 0.2) is 132 Å². The average Bonchev–Trinajstić information content (AvgIpc) is 3.64. The van der Waals surface area contributed by atoms with Crippen molar-refractivity contribution in [3.63, 3.8) is 0 Å². The molecule has 2 aromatic heterocycles. The quantitative estimate of drug-likeness (QED) is 0.142. The summed E-state index contributed by atoms with van der Waals surface area (Å²) in [5.41, 5.74) is 1.90. The molecule has 3 heterocycles. The van der Waals surface area contributed by atoms with E-state index in [2.05, 4.69) is 15.2 Å². The van der Waals surface area contributed by atoms with E-state index in [1.165, 1.54) is 0 Å². The highest BCUT2D eigenvalue weighted by molar-refractivity contribution is 5.91. The Hall–Kier alpha value is -6.20. The largest absolute Gasteiger partial charge is 0.452 e. The number of pyridine rings is 1. The van der Waals surface area contributed by atoms with Crippen LogP contribution < -0.4 is 0 Å². The molecule has 0 N–H and O–H groups in total. The van der Waals surface area contributed by atoms with Gasteiger partial charge in [0.25, 0.3) is 5.89 Å². The average molecular weight is 642 g/mol. The van der Waals surface area contributed by atoms with Crippen LogP contribution >= 0.6 is 0 Å². The summed E-state index contributed by atoms with van der Waals surface area (Å²) in [6, 6.07) is 36.1. The Morgan fingerprint density at radius 2 is 1.12 bits per heavy atom. The second-order valence-electron chi connectivity index (χ2n) is 10.9. The molecule has 6 aromatic rings. The van der Waals surface area contributed by atoms with Gasteiger partial charge in [0.1, 0.15) is 5.69 Å². The fourth-order valence-electron chi connectivity index (χ4n) is 5.31. The fraction of sp³-hybridized carbons (Fsp3) is 0.135. The first kappa shape index (κ1) is 30.5. The Bertz CT molecular complexity index is 2050. The topological polar surface area (TPSA) is 140 Å². The van der Waals surface area contributed by atoms with E-state index >= 15 is 0 Å². The lowest BCUT2D eigenvalue weighted by Gasteiger charge is -2.39. The van der Waals surface area contributed by atoms with Gasteiger partial charge in [0.2, 0.25) is 5.89 Å². The molecular formula is C37H27N3O8. The van der Waals surface area contributed by atoms with Gasteiger partial charge in [-0.05, 0) is 48.5 Å². The van der Waals surface area contributed by atoms with Gasteiger partial charge in [-0.2, -0.15) is 0 Å². The van der Waals surface area contributed by atoms with Crippen molar-refractivity contribution < 1.29 is 37.7 Å². The molecule has 0 bridgehead atoms. The summed E-state index contributed by atoms with van der Waals surface area (Å²) < 4.78 is 30.0. The third kappa shape index (κ3) is 6.53. The monoisotopic (exact) mass is 641 g/mol.